The third-order valence-corrected chi connectivity index (χ3v) is 7.81. The Balaban J connectivity index is 1.41. The minimum Gasteiger partial charge on any atom is -0.492 e. The Labute approximate surface area is 233 Å². The van der Waals surface area contributed by atoms with E-state index in [-0.39, 0.29) is 24.1 Å². The number of ether oxygens (including phenoxy) is 4. The Hall–Kier alpha value is -4.07. The first-order valence-electron chi connectivity index (χ1n) is 13.4. The molecular formula is C32H34FNO6. The first kappa shape index (κ1) is 27.5. The van der Waals surface area contributed by atoms with E-state index in [1.165, 1.54) is 13.2 Å². The van der Waals surface area contributed by atoms with Gasteiger partial charge in [0.05, 0.1) is 20.1 Å². The van der Waals surface area contributed by atoms with Gasteiger partial charge in [-0.3, -0.25) is 9.59 Å². The number of aryl methyl sites for hydroxylation is 2. The molecule has 0 aromatic heterocycles. The topological polar surface area (TPSA) is 97.1 Å². The van der Waals surface area contributed by atoms with Crippen LogP contribution < -0.4 is 19.9 Å². The fraction of sp³-hybridized carbons (Fsp3) is 0.375. The van der Waals surface area contributed by atoms with E-state index in [4.69, 9.17) is 24.7 Å². The molecule has 0 saturated heterocycles. The second-order valence-electron chi connectivity index (χ2n) is 11.0. The minimum atomic E-state index is -1.15. The van der Waals surface area contributed by atoms with Gasteiger partial charge >= 0.3 is 5.97 Å². The fourth-order valence-electron chi connectivity index (χ4n) is 5.73. The van der Waals surface area contributed by atoms with E-state index in [2.05, 4.69) is 0 Å². The van der Waals surface area contributed by atoms with Crippen molar-refractivity contribution in [1.82, 2.24) is 0 Å². The number of fused-ring (bicyclic) bond motifs is 2. The molecule has 0 saturated carbocycles. The maximum Gasteiger partial charge on any atom is 0.306 e. The van der Waals surface area contributed by atoms with E-state index in [0.29, 0.717) is 42.3 Å². The Morgan fingerprint density at radius 2 is 1.80 bits per heavy atom. The summed E-state index contributed by atoms with van der Waals surface area (Å²) in [6, 6.07) is 12.6. The number of methoxy groups -OCH3 is 1. The van der Waals surface area contributed by atoms with Crippen molar-refractivity contribution < 1.29 is 32.9 Å². The van der Waals surface area contributed by atoms with E-state index < -0.39 is 17.6 Å². The molecule has 3 aromatic carbocycles. The van der Waals surface area contributed by atoms with Gasteiger partial charge in [-0.15, -0.1) is 0 Å². The van der Waals surface area contributed by atoms with Crippen molar-refractivity contribution in [1.29, 1.82) is 0 Å². The van der Waals surface area contributed by atoms with E-state index in [0.717, 1.165) is 33.4 Å². The average Bonchev–Trinajstić information content (AvgIpc) is 3.49. The summed E-state index contributed by atoms with van der Waals surface area (Å²) in [6.07, 6.45) is 1.11. The van der Waals surface area contributed by atoms with Crippen LogP contribution in [0.25, 0.3) is 11.1 Å². The van der Waals surface area contributed by atoms with Gasteiger partial charge in [-0.2, -0.15) is 0 Å². The molecule has 1 amide bonds. The summed E-state index contributed by atoms with van der Waals surface area (Å²) in [5, 5.41) is 0. The van der Waals surface area contributed by atoms with E-state index in [1.54, 1.807) is 13.8 Å². The minimum absolute atomic E-state index is 0.0613. The number of carbonyl (C=O) groups is 2. The monoisotopic (exact) mass is 547 g/mol. The number of amides is 1. The maximum atomic E-state index is 15.3. The van der Waals surface area contributed by atoms with Crippen molar-refractivity contribution in [2.45, 2.75) is 64.6 Å². The summed E-state index contributed by atoms with van der Waals surface area (Å²) < 4.78 is 38.1. The number of nitrogens with two attached hydrogens (primary N) is 1. The first-order valence-corrected chi connectivity index (χ1v) is 13.4. The van der Waals surface area contributed by atoms with E-state index in [1.807, 2.05) is 50.2 Å². The molecule has 1 aliphatic heterocycles. The van der Waals surface area contributed by atoms with Gasteiger partial charge in [-0.1, -0.05) is 12.1 Å². The lowest BCUT2D eigenvalue weighted by Gasteiger charge is -2.24. The van der Waals surface area contributed by atoms with Crippen LogP contribution in [0.3, 0.4) is 0 Å². The highest BCUT2D eigenvalue weighted by Gasteiger charge is 2.33. The summed E-state index contributed by atoms with van der Waals surface area (Å²) in [4.78, 5) is 23.5. The van der Waals surface area contributed by atoms with Crippen molar-refractivity contribution in [2.24, 2.45) is 5.73 Å². The Kier molecular flexibility index (Phi) is 7.21. The Bertz CT molecular complexity index is 1470. The van der Waals surface area contributed by atoms with Gasteiger partial charge in [-0.25, -0.2) is 4.39 Å². The third kappa shape index (κ3) is 5.10. The summed E-state index contributed by atoms with van der Waals surface area (Å²) in [7, 11) is 1.37. The van der Waals surface area contributed by atoms with Gasteiger partial charge in [-0.05, 0) is 92.6 Å². The molecule has 0 bridgehead atoms. The SMILES string of the molecule is COC(=O)CC1COc2cc(OC3CCc4c(-c5c(C)cc(OC(C)(C)C(N)=O)cc5C)ccc(F)c43)ccc21. The zero-order valence-corrected chi connectivity index (χ0v) is 23.4. The van der Waals surface area contributed by atoms with Crippen molar-refractivity contribution in [3.63, 3.8) is 0 Å². The second kappa shape index (κ2) is 10.5. The van der Waals surface area contributed by atoms with Crippen molar-refractivity contribution in [3.8, 4) is 28.4 Å². The lowest BCUT2D eigenvalue weighted by Crippen LogP contribution is -2.43. The van der Waals surface area contributed by atoms with Crippen molar-refractivity contribution in [2.75, 3.05) is 13.7 Å². The molecule has 2 atom stereocenters. The molecule has 0 radical (unpaired) electrons. The second-order valence-corrected chi connectivity index (χ2v) is 11.0. The molecule has 7 nitrogen and oxygen atoms in total. The summed E-state index contributed by atoms with van der Waals surface area (Å²) in [5.41, 5.74) is 10.6. The van der Waals surface area contributed by atoms with Crippen LogP contribution in [-0.2, 0) is 20.7 Å². The molecule has 3 aromatic rings. The van der Waals surface area contributed by atoms with Gasteiger partial charge in [0.2, 0.25) is 0 Å². The number of benzene rings is 3. The molecular weight excluding hydrogens is 513 g/mol. The van der Waals surface area contributed by atoms with E-state index >= 15 is 4.39 Å². The molecule has 1 aliphatic carbocycles. The van der Waals surface area contributed by atoms with Crippen LogP contribution in [0.4, 0.5) is 4.39 Å². The third-order valence-electron chi connectivity index (χ3n) is 7.81. The highest BCUT2D eigenvalue weighted by atomic mass is 19.1. The number of carbonyl (C=O) groups excluding carboxylic acids is 2. The summed E-state index contributed by atoms with van der Waals surface area (Å²) in [5.74, 6) is 0.625. The van der Waals surface area contributed by atoms with Crippen LogP contribution in [0.1, 0.15) is 66.5 Å². The van der Waals surface area contributed by atoms with Crippen molar-refractivity contribution >= 4 is 11.9 Å². The molecule has 0 fully saturated rings. The molecule has 0 spiro atoms. The van der Waals surface area contributed by atoms with Gasteiger partial charge in [0.1, 0.15) is 29.2 Å². The molecule has 8 heteroatoms. The predicted molar refractivity (Wildman–Crippen MR) is 148 cm³/mol. The zero-order chi connectivity index (χ0) is 28.8. The lowest BCUT2D eigenvalue weighted by molar-refractivity contribution is -0.141. The molecule has 2 N–H and O–H groups in total. The van der Waals surface area contributed by atoms with Crippen LogP contribution in [0.15, 0.2) is 42.5 Å². The highest BCUT2D eigenvalue weighted by Crippen LogP contribution is 2.45. The number of halogens is 1. The maximum absolute atomic E-state index is 15.3. The van der Waals surface area contributed by atoms with Crippen LogP contribution in [0.5, 0.6) is 17.2 Å². The van der Waals surface area contributed by atoms with Crippen LogP contribution in [-0.4, -0.2) is 31.2 Å². The smallest absolute Gasteiger partial charge is 0.306 e. The zero-order valence-electron chi connectivity index (χ0n) is 23.4. The largest absolute Gasteiger partial charge is 0.492 e. The van der Waals surface area contributed by atoms with Crippen molar-refractivity contribution in [3.05, 3.63) is 76.1 Å². The summed E-state index contributed by atoms with van der Waals surface area (Å²) >= 11 is 0. The molecule has 2 unspecified atom stereocenters. The molecule has 1 heterocycles. The number of rotatable bonds is 8. The van der Waals surface area contributed by atoms with Gasteiger partial charge in [0.15, 0.2) is 5.60 Å². The Morgan fingerprint density at radius 1 is 1.07 bits per heavy atom. The van der Waals surface area contributed by atoms with Crippen LogP contribution in [0, 0.1) is 19.7 Å². The van der Waals surface area contributed by atoms with Gasteiger partial charge < -0.3 is 24.7 Å². The van der Waals surface area contributed by atoms with E-state index in [9.17, 15) is 9.59 Å². The molecule has 40 heavy (non-hydrogen) atoms. The molecule has 2 aliphatic rings. The first-order chi connectivity index (χ1) is 19.0. The highest BCUT2D eigenvalue weighted by molar-refractivity contribution is 5.83. The number of esters is 1. The fourth-order valence-corrected chi connectivity index (χ4v) is 5.73. The number of hydrogen-bond donors (Lipinski definition) is 1. The van der Waals surface area contributed by atoms with Crippen LogP contribution >= 0.6 is 0 Å². The average molecular weight is 548 g/mol. The predicted octanol–water partition coefficient (Wildman–Crippen LogP) is 5.86. The normalized spacial score (nSPS) is 17.6. The number of hydrogen-bond acceptors (Lipinski definition) is 6. The standard InChI is InChI=1S/C32H34FNO6/c1-17-12-21(40-32(3,4)31(34)36)13-18(2)29(17)23-8-10-25(33)30-24(23)9-11-26(30)39-20-6-7-22-19(14-28(35)37-5)16-38-27(22)15-20/h6-8,10,12-13,15,19,26H,9,11,14,16H2,1-5H3,(H2,34,36). The van der Waals surface area contributed by atoms with Gasteiger partial charge in [0, 0.05) is 23.1 Å². The summed E-state index contributed by atoms with van der Waals surface area (Å²) in [6.45, 7) is 7.62. The Morgan fingerprint density at radius 3 is 2.48 bits per heavy atom. The number of primary amides is 1. The van der Waals surface area contributed by atoms with Gasteiger partial charge in [0.25, 0.3) is 5.91 Å². The lowest BCUT2D eigenvalue weighted by atomic mass is 9.90. The van der Waals surface area contributed by atoms with Crippen LogP contribution in [0.2, 0.25) is 0 Å². The quantitative estimate of drug-likeness (QED) is 0.355. The molecule has 5 rings (SSSR count). The molecule has 210 valence electrons.